The molecule has 1 unspecified atom stereocenters. The molecular formula is C18H17FN4O4. The van der Waals surface area contributed by atoms with Crippen molar-refractivity contribution in [1.82, 2.24) is 20.2 Å². The Kier molecular flexibility index (Phi) is 5.13. The van der Waals surface area contributed by atoms with Crippen LogP contribution in [0.15, 0.2) is 36.4 Å². The number of rotatable bonds is 6. The first kappa shape index (κ1) is 18.5. The van der Waals surface area contributed by atoms with Gasteiger partial charge in [-0.1, -0.05) is 17.2 Å². The van der Waals surface area contributed by atoms with Gasteiger partial charge < -0.3 is 14.6 Å². The van der Waals surface area contributed by atoms with Crippen LogP contribution in [0, 0.1) is 12.7 Å². The number of benzene rings is 2. The van der Waals surface area contributed by atoms with Gasteiger partial charge in [-0.2, -0.15) is 4.68 Å². The fourth-order valence-electron chi connectivity index (χ4n) is 2.48. The highest BCUT2D eigenvalue weighted by Crippen LogP contribution is 2.28. The summed E-state index contributed by atoms with van der Waals surface area (Å²) in [5, 5.41) is 20.6. The van der Waals surface area contributed by atoms with E-state index in [0.717, 1.165) is 5.56 Å². The molecule has 27 heavy (non-hydrogen) atoms. The molecule has 1 atom stereocenters. The number of halogens is 1. The van der Waals surface area contributed by atoms with Gasteiger partial charge in [0.1, 0.15) is 5.82 Å². The monoisotopic (exact) mass is 372 g/mol. The Morgan fingerprint density at radius 1 is 1.26 bits per heavy atom. The van der Waals surface area contributed by atoms with Crippen molar-refractivity contribution in [2.45, 2.75) is 20.1 Å². The Hall–Kier alpha value is -3.33. The predicted molar refractivity (Wildman–Crippen MR) is 93.3 cm³/mol. The van der Waals surface area contributed by atoms with E-state index in [9.17, 15) is 14.3 Å². The molecule has 0 radical (unpaired) electrons. The van der Waals surface area contributed by atoms with E-state index in [1.54, 1.807) is 32.0 Å². The number of methoxy groups -OCH3 is 1. The van der Waals surface area contributed by atoms with Crippen LogP contribution in [0.3, 0.4) is 0 Å². The fourth-order valence-corrected chi connectivity index (χ4v) is 2.48. The molecule has 140 valence electrons. The van der Waals surface area contributed by atoms with Crippen LogP contribution in [-0.4, -0.2) is 44.7 Å². The summed E-state index contributed by atoms with van der Waals surface area (Å²) in [6.45, 7) is 3.42. The van der Waals surface area contributed by atoms with Crippen molar-refractivity contribution in [1.29, 1.82) is 0 Å². The van der Waals surface area contributed by atoms with E-state index in [1.807, 2.05) is 0 Å². The third kappa shape index (κ3) is 3.93. The molecule has 0 saturated heterocycles. The van der Waals surface area contributed by atoms with Gasteiger partial charge in [-0.05, 0) is 59.7 Å². The molecule has 0 aliphatic rings. The van der Waals surface area contributed by atoms with Crippen molar-refractivity contribution < 1.29 is 23.8 Å². The second-order valence-corrected chi connectivity index (χ2v) is 5.85. The molecule has 0 saturated carbocycles. The molecule has 0 amide bonds. The van der Waals surface area contributed by atoms with E-state index in [0.29, 0.717) is 11.3 Å². The molecule has 0 bridgehead atoms. The van der Waals surface area contributed by atoms with Gasteiger partial charge in [0, 0.05) is 12.7 Å². The van der Waals surface area contributed by atoms with Crippen molar-refractivity contribution >= 4 is 5.97 Å². The summed E-state index contributed by atoms with van der Waals surface area (Å²) < 4.78 is 26.1. The number of aromatic nitrogens is 4. The lowest BCUT2D eigenvalue weighted by molar-refractivity contribution is -0.0453. The van der Waals surface area contributed by atoms with E-state index in [4.69, 9.17) is 9.47 Å². The fraction of sp³-hybridized carbons (Fsp3) is 0.222. The molecule has 1 heterocycles. The Balaban J connectivity index is 2.13. The van der Waals surface area contributed by atoms with E-state index in [2.05, 4.69) is 15.5 Å². The van der Waals surface area contributed by atoms with Crippen molar-refractivity contribution in [3.63, 3.8) is 0 Å². The first-order valence-electron chi connectivity index (χ1n) is 8.02. The minimum absolute atomic E-state index is 0.0159. The first-order chi connectivity index (χ1) is 12.9. The highest BCUT2D eigenvalue weighted by atomic mass is 19.1. The van der Waals surface area contributed by atoms with Gasteiger partial charge in [0.15, 0.2) is 6.29 Å². The maximum atomic E-state index is 14.4. The van der Waals surface area contributed by atoms with Gasteiger partial charge in [-0.3, -0.25) is 0 Å². The molecule has 9 heteroatoms. The second-order valence-electron chi connectivity index (χ2n) is 5.85. The minimum Gasteiger partial charge on any atom is -0.478 e. The highest BCUT2D eigenvalue weighted by molar-refractivity contribution is 5.90. The quantitative estimate of drug-likeness (QED) is 0.664. The van der Waals surface area contributed by atoms with Crippen LogP contribution in [0.2, 0.25) is 0 Å². The van der Waals surface area contributed by atoms with E-state index >= 15 is 0 Å². The van der Waals surface area contributed by atoms with Gasteiger partial charge in [0.2, 0.25) is 0 Å². The molecule has 0 fully saturated rings. The van der Waals surface area contributed by atoms with Crippen molar-refractivity contribution in [2.24, 2.45) is 0 Å². The summed E-state index contributed by atoms with van der Waals surface area (Å²) in [4.78, 5) is 11.5. The van der Waals surface area contributed by atoms with E-state index < -0.39 is 18.1 Å². The van der Waals surface area contributed by atoms with Gasteiger partial charge >= 0.3 is 12.0 Å². The van der Waals surface area contributed by atoms with Crippen LogP contribution >= 0.6 is 0 Å². The third-order valence-corrected chi connectivity index (χ3v) is 3.89. The molecular weight excluding hydrogens is 355 g/mol. The summed E-state index contributed by atoms with van der Waals surface area (Å²) in [6, 6.07) is 9.09. The number of aryl methyl sites for hydroxylation is 1. The number of nitrogens with zero attached hydrogens (tertiary/aromatic N) is 4. The predicted octanol–water partition coefficient (Wildman–Crippen LogP) is 2.85. The lowest BCUT2D eigenvalue weighted by atomic mass is 10.0. The average molecular weight is 372 g/mol. The smallest absolute Gasteiger partial charge is 0.342 e. The molecule has 3 rings (SSSR count). The van der Waals surface area contributed by atoms with Crippen LogP contribution in [-0.2, 0) is 4.74 Å². The van der Waals surface area contributed by atoms with Crippen LogP contribution in [0.25, 0.3) is 16.8 Å². The van der Waals surface area contributed by atoms with Crippen molar-refractivity contribution in [2.75, 3.05) is 7.11 Å². The number of tetrazole rings is 1. The normalized spacial score (nSPS) is 12.0. The standard InChI is InChI=1S/C18H17FN4O4/c1-10-4-5-15(16(19)6-10)12-7-13(17(24)25)9-14(8-12)23-18(20-21-22-23)27-11(2)26-3/h4-9,11H,1-3H3,(H,24,25). The maximum Gasteiger partial charge on any atom is 0.342 e. The first-order valence-corrected chi connectivity index (χ1v) is 8.02. The lowest BCUT2D eigenvalue weighted by Crippen LogP contribution is -2.16. The van der Waals surface area contributed by atoms with Crippen molar-refractivity contribution in [3.8, 4) is 22.8 Å². The number of carboxylic acids is 1. The number of aromatic carboxylic acids is 1. The summed E-state index contributed by atoms with van der Waals surface area (Å²) >= 11 is 0. The lowest BCUT2D eigenvalue weighted by Gasteiger charge is -2.13. The number of hydrogen-bond donors (Lipinski definition) is 1. The molecule has 1 N–H and O–H groups in total. The maximum absolute atomic E-state index is 14.4. The zero-order valence-corrected chi connectivity index (χ0v) is 14.9. The molecule has 8 nitrogen and oxygen atoms in total. The Morgan fingerprint density at radius 2 is 2.04 bits per heavy atom. The summed E-state index contributed by atoms with van der Waals surface area (Å²) in [5.41, 5.74) is 1.68. The molecule has 0 aliphatic carbocycles. The SMILES string of the molecule is COC(C)Oc1nnnn1-c1cc(C(=O)O)cc(-c2ccc(C)cc2F)c1. The molecule has 2 aromatic carbocycles. The van der Waals surface area contributed by atoms with E-state index in [1.165, 1.54) is 30.0 Å². The number of hydrogen-bond acceptors (Lipinski definition) is 6. The van der Waals surface area contributed by atoms with Gasteiger partial charge in [0.05, 0.1) is 11.3 Å². The Morgan fingerprint density at radius 3 is 2.70 bits per heavy atom. The van der Waals surface area contributed by atoms with Crippen LogP contribution in [0.5, 0.6) is 6.01 Å². The second kappa shape index (κ2) is 7.50. The van der Waals surface area contributed by atoms with Crippen LogP contribution in [0.1, 0.15) is 22.8 Å². The van der Waals surface area contributed by atoms with Crippen molar-refractivity contribution in [3.05, 3.63) is 53.3 Å². The highest BCUT2D eigenvalue weighted by Gasteiger charge is 2.17. The number of ether oxygens (including phenoxy) is 2. The number of carboxylic acid groups (broad SMARTS) is 1. The Labute approximate surface area is 154 Å². The minimum atomic E-state index is -1.16. The molecule has 1 aromatic heterocycles. The summed E-state index contributed by atoms with van der Waals surface area (Å²) in [6.07, 6.45) is -0.619. The third-order valence-electron chi connectivity index (χ3n) is 3.89. The summed E-state index contributed by atoms with van der Waals surface area (Å²) in [7, 11) is 1.46. The van der Waals surface area contributed by atoms with Gasteiger partial charge in [-0.25, -0.2) is 9.18 Å². The molecule has 0 aliphatic heterocycles. The molecule has 3 aromatic rings. The largest absolute Gasteiger partial charge is 0.478 e. The van der Waals surface area contributed by atoms with Crippen LogP contribution in [0.4, 0.5) is 4.39 Å². The Bertz CT molecular complexity index is 989. The average Bonchev–Trinajstić information content (AvgIpc) is 3.09. The molecule has 0 spiro atoms. The zero-order valence-electron chi connectivity index (χ0n) is 14.9. The summed E-state index contributed by atoms with van der Waals surface area (Å²) in [5.74, 6) is -1.61. The topological polar surface area (TPSA) is 99.4 Å². The van der Waals surface area contributed by atoms with Gasteiger partial charge in [-0.15, -0.1) is 0 Å². The van der Waals surface area contributed by atoms with Crippen LogP contribution < -0.4 is 4.74 Å². The number of carbonyl (C=O) groups is 1. The van der Waals surface area contributed by atoms with Gasteiger partial charge in [0.25, 0.3) is 0 Å². The zero-order chi connectivity index (χ0) is 19.6. The van der Waals surface area contributed by atoms with E-state index in [-0.39, 0.29) is 17.1 Å².